The van der Waals surface area contributed by atoms with Crippen LogP contribution in [0.25, 0.3) is 5.69 Å². The molecule has 4 rings (SSSR count). The molecule has 0 aliphatic rings. The first-order valence-corrected chi connectivity index (χ1v) is 10.1. The minimum absolute atomic E-state index is 0.0128. The molecule has 160 valence electrons. The highest BCUT2D eigenvalue weighted by atomic mass is 35.5. The molecule has 0 aliphatic heterocycles. The maximum absolute atomic E-state index is 14.7. The number of hydrazone groups is 1. The van der Waals surface area contributed by atoms with Crippen LogP contribution >= 0.6 is 11.6 Å². The number of aromatic amines is 1. The molecule has 6 nitrogen and oxygen atoms in total. The third kappa shape index (κ3) is 4.24. The first-order chi connectivity index (χ1) is 15.5. The van der Waals surface area contributed by atoms with Gasteiger partial charge in [-0.3, -0.25) is 14.7 Å². The zero-order valence-electron chi connectivity index (χ0n) is 17.0. The minimum atomic E-state index is -0.571. The molecule has 0 fully saturated rings. The summed E-state index contributed by atoms with van der Waals surface area (Å²) in [6.45, 7) is 1.69. The van der Waals surface area contributed by atoms with Crippen molar-refractivity contribution in [2.75, 3.05) is 0 Å². The Morgan fingerprint density at radius 2 is 1.66 bits per heavy atom. The molecule has 8 heteroatoms. The van der Waals surface area contributed by atoms with Gasteiger partial charge in [0.05, 0.1) is 11.3 Å². The van der Waals surface area contributed by atoms with Crippen molar-refractivity contribution in [2.24, 2.45) is 5.10 Å². The molecule has 0 radical (unpaired) electrons. The van der Waals surface area contributed by atoms with Crippen molar-refractivity contribution in [3.05, 3.63) is 122 Å². The standard InChI is InChI=1S/C24H18ClFN4O2/c1-15-21(24(32)30(29-15)18-7-3-2-4-8-18)22(19-9-5-6-10-20(19)26)27-28-23(31)16-11-13-17(25)14-12-16/h2-14,29H,1H3,(H,28,31)/b27-22-. The maximum atomic E-state index is 14.7. The van der Waals surface area contributed by atoms with E-state index in [2.05, 4.69) is 15.6 Å². The number of benzene rings is 3. The van der Waals surface area contributed by atoms with Gasteiger partial charge in [0.2, 0.25) is 0 Å². The molecule has 0 aliphatic carbocycles. The molecule has 4 aromatic rings. The second-order valence-electron chi connectivity index (χ2n) is 6.98. The third-order valence-corrected chi connectivity index (χ3v) is 5.08. The average molecular weight is 449 g/mol. The summed E-state index contributed by atoms with van der Waals surface area (Å²) in [7, 11) is 0. The molecule has 0 unspecified atom stereocenters. The van der Waals surface area contributed by atoms with Gasteiger partial charge in [-0.25, -0.2) is 14.5 Å². The monoisotopic (exact) mass is 448 g/mol. The van der Waals surface area contributed by atoms with E-state index in [0.29, 0.717) is 22.0 Å². The molecule has 0 saturated carbocycles. The van der Waals surface area contributed by atoms with Crippen molar-refractivity contribution in [3.8, 4) is 5.69 Å². The molecular weight excluding hydrogens is 431 g/mol. The summed E-state index contributed by atoms with van der Waals surface area (Å²) >= 11 is 5.87. The predicted molar refractivity (Wildman–Crippen MR) is 122 cm³/mol. The van der Waals surface area contributed by atoms with E-state index in [1.807, 2.05) is 6.07 Å². The van der Waals surface area contributed by atoms with Crippen LogP contribution in [0.3, 0.4) is 0 Å². The van der Waals surface area contributed by atoms with E-state index in [1.165, 1.54) is 22.9 Å². The largest absolute Gasteiger partial charge is 0.295 e. The Bertz CT molecular complexity index is 1360. The first kappa shape index (κ1) is 21.3. The van der Waals surface area contributed by atoms with Gasteiger partial charge < -0.3 is 0 Å². The van der Waals surface area contributed by atoms with Gasteiger partial charge in [0.15, 0.2) is 0 Å². The Hall–Kier alpha value is -3.97. The zero-order valence-corrected chi connectivity index (χ0v) is 17.7. The topological polar surface area (TPSA) is 79.2 Å². The second-order valence-corrected chi connectivity index (χ2v) is 7.41. The number of nitrogens with one attached hydrogen (secondary N) is 2. The van der Waals surface area contributed by atoms with Crippen LogP contribution in [0, 0.1) is 12.7 Å². The number of rotatable bonds is 5. The van der Waals surface area contributed by atoms with Crippen LogP contribution in [0.5, 0.6) is 0 Å². The summed E-state index contributed by atoms with van der Waals surface area (Å²) in [5.41, 5.74) is 3.66. The fraction of sp³-hybridized carbons (Fsp3) is 0.0417. The normalized spacial score (nSPS) is 11.4. The molecule has 32 heavy (non-hydrogen) atoms. The van der Waals surface area contributed by atoms with E-state index >= 15 is 0 Å². The Morgan fingerprint density at radius 3 is 2.34 bits per heavy atom. The smallest absolute Gasteiger partial charge is 0.281 e. The Balaban J connectivity index is 1.81. The average Bonchev–Trinajstić information content (AvgIpc) is 3.10. The van der Waals surface area contributed by atoms with Crippen LogP contribution in [0.4, 0.5) is 4.39 Å². The first-order valence-electron chi connectivity index (χ1n) is 9.71. The van der Waals surface area contributed by atoms with Gasteiger partial charge in [0.25, 0.3) is 11.5 Å². The van der Waals surface area contributed by atoms with E-state index in [-0.39, 0.29) is 16.8 Å². The fourth-order valence-corrected chi connectivity index (χ4v) is 3.39. The van der Waals surface area contributed by atoms with Crippen LogP contribution in [0.1, 0.15) is 27.2 Å². The van der Waals surface area contributed by atoms with E-state index in [9.17, 15) is 14.0 Å². The maximum Gasteiger partial charge on any atom is 0.281 e. The number of carbonyl (C=O) groups excluding carboxylic acids is 1. The van der Waals surface area contributed by atoms with Gasteiger partial charge in [-0.15, -0.1) is 0 Å². The molecule has 0 spiro atoms. The Morgan fingerprint density at radius 1 is 1.00 bits per heavy atom. The van der Waals surface area contributed by atoms with Crippen LogP contribution < -0.4 is 11.0 Å². The van der Waals surface area contributed by atoms with Gasteiger partial charge in [-0.05, 0) is 55.5 Å². The highest BCUT2D eigenvalue weighted by Crippen LogP contribution is 2.16. The lowest BCUT2D eigenvalue weighted by molar-refractivity contribution is 0.0955. The molecule has 1 amide bonds. The number of aromatic nitrogens is 2. The molecule has 2 N–H and O–H groups in total. The van der Waals surface area contributed by atoms with Gasteiger partial charge in [-0.1, -0.05) is 41.9 Å². The van der Waals surface area contributed by atoms with Gasteiger partial charge in [-0.2, -0.15) is 5.10 Å². The second kappa shape index (κ2) is 9.03. The molecule has 0 bridgehead atoms. The number of aryl methyl sites for hydroxylation is 1. The number of amides is 1. The van der Waals surface area contributed by atoms with Crippen molar-refractivity contribution in [2.45, 2.75) is 6.92 Å². The number of hydrogen-bond donors (Lipinski definition) is 2. The molecule has 0 saturated heterocycles. The number of carbonyl (C=O) groups is 1. The highest BCUT2D eigenvalue weighted by molar-refractivity contribution is 6.30. The summed E-state index contributed by atoms with van der Waals surface area (Å²) in [6, 6.07) is 21.1. The summed E-state index contributed by atoms with van der Waals surface area (Å²) in [4.78, 5) is 25.8. The van der Waals surface area contributed by atoms with Crippen molar-refractivity contribution >= 4 is 23.2 Å². The number of hydrogen-bond acceptors (Lipinski definition) is 3. The van der Waals surface area contributed by atoms with Crippen molar-refractivity contribution in [1.29, 1.82) is 0 Å². The highest BCUT2D eigenvalue weighted by Gasteiger charge is 2.22. The van der Waals surface area contributed by atoms with Crippen molar-refractivity contribution in [1.82, 2.24) is 15.2 Å². The van der Waals surface area contributed by atoms with E-state index in [1.54, 1.807) is 61.5 Å². The van der Waals surface area contributed by atoms with Gasteiger partial charge in [0, 0.05) is 21.8 Å². The van der Waals surface area contributed by atoms with Gasteiger partial charge >= 0.3 is 0 Å². The fourth-order valence-electron chi connectivity index (χ4n) is 3.26. The molecule has 1 aromatic heterocycles. The number of halogens is 2. The third-order valence-electron chi connectivity index (χ3n) is 4.83. The number of H-pyrrole nitrogens is 1. The molecule has 0 atom stereocenters. The van der Waals surface area contributed by atoms with Crippen molar-refractivity contribution < 1.29 is 9.18 Å². The predicted octanol–water partition coefficient (Wildman–Crippen LogP) is 4.45. The van der Waals surface area contributed by atoms with Crippen LogP contribution in [-0.4, -0.2) is 21.4 Å². The van der Waals surface area contributed by atoms with E-state index < -0.39 is 17.3 Å². The Labute approximate surface area is 188 Å². The SMILES string of the molecule is Cc1[nH]n(-c2ccccc2)c(=O)c1/C(=N\NC(=O)c1ccc(Cl)cc1)c1ccccc1F. The summed E-state index contributed by atoms with van der Waals surface area (Å²) < 4.78 is 16.0. The lowest BCUT2D eigenvalue weighted by Gasteiger charge is -2.08. The van der Waals surface area contributed by atoms with Crippen LogP contribution in [-0.2, 0) is 0 Å². The van der Waals surface area contributed by atoms with Crippen LogP contribution in [0.2, 0.25) is 5.02 Å². The lowest BCUT2D eigenvalue weighted by Crippen LogP contribution is -2.26. The zero-order chi connectivity index (χ0) is 22.7. The summed E-state index contributed by atoms with van der Waals surface area (Å²) in [5, 5.41) is 7.65. The molecule has 3 aromatic carbocycles. The van der Waals surface area contributed by atoms with Crippen LogP contribution in [0.15, 0.2) is 88.8 Å². The lowest BCUT2D eigenvalue weighted by atomic mass is 10.0. The van der Waals surface area contributed by atoms with E-state index in [0.717, 1.165) is 0 Å². The van der Waals surface area contributed by atoms with Gasteiger partial charge in [0.1, 0.15) is 11.5 Å². The van der Waals surface area contributed by atoms with E-state index in [4.69, 9.17) is 11.6 Å². The summed E-state index contributed by atoms with van der Waals surface area (Å²) in [5.74, 6) is -1.09. The summed E-state index contributed by atoms with van der Waals surface area (Å²) in [6.07, 6.45) is 0. The number of para-hydroxylation sites is 1. The molecule has 1 heterocycles. The number of nitrogens with zero attached hydrogens (tertiary/aromatic N) is 2. The quantitative estimate of drug-likeness (QED) is 0.349. The Kier molecular flexibility index (Phi) is 6.00. The molecular formula is C24H18ClFN4O2. The van der Waals surface area contributed by atoms with Crippen molar-refractivity contribution in [3.63, 3.8) is 0 Å². The minimum Gasteiger partial charge on any atom is -0.295 e.